The number of aromatic nitrogens is 1. The van der Waals surface area contributed by atoms with E-state index in [0.29, 0.717) is 23.9 Å². The van der Waals surface area contributed by atoms with Crippen LogP contribution in [-0.4, -0.2) is 54.1 Å². The number of aliphatic hydroxyl groups excluding tert-OH is 1. The number of ether oxygens (including phenoxy) is 2. The third-order valence-corrected chi connectivity index (χ3v) is 7.76. The summed E-state index contributed by atoms with van der Waals surface area (Å²) in [7, 11) is 6.21. The first-order valence-corrected chi connectivity index (χ1v) is 10.1. The molecule has 5 heteroatoms. The second kappa shape index (κ2) is 6.23. The number of benzene rings is 1. The average Bonchev–Trinajstić information content (AvgIpc) is 2.94. The molecule has 0 aliphatic carbocycles. The van der Waals surface area contributed by atoms with Gasteiger partial charge < -0.3 is 19.1 Å². The van der Waals surface area contributed by atoms with E-state index < -0.39 is 0 Å². The van der Waals surface area contributed by atoms with Gasteiger partial charge in [-0.1, -0.05) is 0 Å². The van der Waals surface area contributed by atoms with Crippen LogP contribution in [0.3, 0.4) is 0 Å². The summed E-state index contributed by atoms with van der Waals surface area (Å²) in [5.74, 6) is 2.20. The van der Waals surface area contributed by atoms with Gasteiger partial charge in [-0.3, -0.25) is 4.90 Å². The van der Waals surface area contributed by atoms with E-state index in [9.17, 15) is 5.11 Å². The summed E-state index contributed by atoms with van der Waals surface area (Å²) in [6, 6.07) is 7.32. The lowest BCUT2D eigenvalue weighted by Gasteiger charge is -2.56. The van der Waals surface area contributed by atoms with E-state index in [0.717, 1.165) is 25.2 Å². The highest BCUT2D eigenvalue weighted by Crippen LogP contribution is 2.52. The first-order valence-electron chi connectivity index (χ1n) is 10.1. The summed E-state index contributed by atoms with van der Waals surface area (Å²) in [6.45, 7) is 3.16. The molecule has 27 heavy (non-hydrogen) atoms. The van der Waals surface area contributed by atoms with Gasteiger partial charge >= 0.3 is 0 Å². The summed E-state index contributed by atoms with van der Waals surface area (Å²) in [5.41, 5.74) is 4.22. The summed E-state index contributed by atoms with van der Waals surface area (Å²) in [4.78, 5) is 2.58. The number of rotatable bonds is 2. The van der Waals surface area contributed by atoms with Crippen LogP contribution < -0.4 is 4.74 Å². The number of aryl methyl sites for hydroxylation is 1. The standard InChI is InChI=1S/C22H30N2O3/c1-12-17(10-25)14-8-21-22-16(9-20(23(21)2)18(14)11-27-12)15-7-13(26-4)5-6-19(15)24(22)3/h5-7,12,14,17-18,20-21,25H,8-11H2,1-4H3. The first kappa shape index (κ1) is 17.5. The SMILES string of the molecule is COc1ccc2c(c1)c1c(n2C)C2CC3C(CO)C(C)OCC3C(C1)N2C. The number of fused-ring (bicyclic) bond motifs is 8. The van der Waals surface area contributed by atoms with E-state index in [1.807, 2.05) is 0 Å². The number of likely N-dealkylation sites (N-methyl/N-ethyl adjacent to an activating group) is 1. The molecular formula is C22H30N2O3. The van der Waals surface area contributed by atoms with E-state index >= 15 is 0 Å². The van der Waals surface area contributed by atoms with Crippen molar-refractivity contribution in [3.05, 3.63) is 29.5 Å². The lowest BCUT2D eigenvalue weighted by Crippen LogP contribution is -2.59. The molecule has 2 saturated heterocycles. The van der Waals surface area contributed by atoms with Crippen LogP contribution in [0.4, 0.5) is 0 Å². The van der Waals surface area contributed by atoms with Crippen LogP contribution in [0, 0.1) is 17.8 Å². The van der Waals surface area contributed by atoms with Gasteiger partial charge in [-0.05, 0) is 56.5 Å². The van der Waals surface area contributed by atoms with E-state index in [1.54, 1.807) is 7.11 Å². The molecule has 0 spiro atoms. The molecule has 1 aromatic heterocycles. The maximum Gasteiger partial charge on any atom is 0.119 e. The molecule has 0 saturated carbocycles. The molecule has 6 atom stereocenters. The molecule has 5 rings (SSSR count). The molecule has 6 unspecified atom stereocenters. The van der Waals surface area contributed by atoms with Crippen LogP contribution in [0.25, 0.3) is 10.9 Å². The number of hydrogen-bond acceptors (Lipinski definition) is 4. The number of hydrogen-bond donors (Lipinski definition) is 1. The maximum absolute atomic E-state index is 10.0. The summed E-state index contributed by atoms with van der Waals surface area (Å²) < 4.78 is 14.0. The van der Waals surface area contributed by atoms with Gasteiger partial charge in [0.2, 0.25) is 0 Å². The van der Waals surface area contributed by atoms with Crippen LogP contribution in [0.5, 0.6) is 5.75 Å². The largest absolute Gasteiger partial charge is 0.497 e. The van der Waals surface area contributed by atoms with Crippen LogP contribution in [-0.2, 0) is 18.2 Å². The molecular weight excluding hydrogens is 340 g/mol. The Kier molecular flexibility index (Phi) is 4.04. The van der Waals surface area contributed by atoms with Crippen molar-refractivity contribution in [2.45, 2.75) is 38.0 Å². The highest BCUT2D eigenvalue weighted by atomic mass is 16.5. The smallest absolute Gasteiger partial charge is 0.119 e. The summed E-state index contributed by atoms with van der Waals surface area (Å²) >= 11 is 0. The number of methoxy groups -OCH3 is 1. The molecule has 3 aliphatic heterocycles. The Morgan fingerprint density at radius 3 is 2.81 bits per heavy atom. The Morgan fingerprint density at radius 1 is 1.26 bits per heavy atom. The van der Waals surface area contributed by atoms with Crippen molar-refractivity contribution in [3.8, 4) is 5.75 Å². The molecule has 0 amide bonds. The normalized spacial score (nSPS) is 35.7. The van der Waals surface area contributed by atoms with E-state index in [4.69, 9.17) is 9.47 Å². The fourth-order valence-corrected chi connectivity index (χ4v) is 6.26. The molecule has 0 radical (unpaired) electrons. The Morgan fingerprint density at radius 2 is 2.07 bits per heavy atom. The fraction of sp³-hybridized carbons (Fsp3) is 0.636. The predicted octanol–water partition coefficient (Wildman–Crippen LogP) is 2.75. The maximum atomic E-state index is 10.0. The van der Waals surface area contributed by atoms with Crippen LogP contribution in [0.2, 0.25) is 0 Å². The fourth-order valence-electron chi connectivity index (χ4n) is 6.26. The van der Waals surface area contributed by atoms with Crippen molar-refractivity contribution in [2.75, 3.05) is 27.4 Å². The molecule has 2 fully saturated rings. The Bertz CT molecular complexity index is 876. The van der Waals surface area contributed by atoms with Gasteiger partial charge in [-0.25, -0.2) is 0 Å². The van der Waals surface area contributed by atoms with Crippen LogP contribution in [0.1, 0.15) is 30.6 Å². The molecule has 5 nitrogen and oxygen atoms in total. The molecule has 4 heterocycles. The summed E-state index contributed by atoms with van der Waals surface area (Å²) in [6.07, 6.45) is 2.30. The topological polar surface area (TPSA) is 46.9 Å². The highest BCUT2D eigenvalue weighted by molar-refractivity contribution is 5.87. The molecule has 1 N–H and O–H groups in total. The zero-order valence-electron chi connectivity index (χ0n) is 16.7. The first-order chi connectivity index (χ1) is 13.0. The summed E-state index contributed by atoms with van der Waals surface area (Å²) in [5, 5.41) is 11.4. The number of aliphatic hydroxyl groups is 1. The van der Waals surface area contributed by atoms with Crippen LogP contribution >= 0.6 is 0 Å². The molecule has 3 aliphatic rings. The van der Waals surface area contributed by atoms with E-state index in [-0.39, 0.29) is 18.6 Å². The van der Waals surface area contributed by atoms with E-state index in [2.05, 4.69) is 48.7 Å². The number of nitrogens with zero attached hydrogens (tertiary/aromatic N) is 2. The van der Waals surface area contributed by atoms with Gasteiger partial charge in [0.15, 0.2) is 0 Å². The quantitative estimate of drug-likeness (QED) is 0.883. The monoisotopic (exact) mass is 370 g/mol. The second-order valence-electron chi connectivity index (χ2n) is 8.71. The van der Waals surface area contributed by atoms with Gasteiger partial charge in [0.1, 0.15) is 5.75 Å². The van der Waals surface area contributed by atoms with Crippen molar-refractivity contribution in [1.82, 2.24) is 9.47 Å². The number of piperidine rings is 1. The van der Waals surface area contributed by atoms with Crippen molar-refractivity contribution in [3.63, 3.8) is 0 Å². The zero-order valence-corrected chi connectivity index (χ0v) is 16.7. The lowest BCUT2D eigenvalue weighted by atomic mass is 9.64. The minimum atomic E-state index is 0.150. The Hall–Kier alpha value is -1.56. The molecule has 2 bridgehead atoms. The third kappa shape index (κ3) is 2.35. The zero-order chi connectivity index (χ0) is 18.9. The molecule has 146 valence electrons. The minimum absolute atomic E-state index is 0.150. The molecule has 1 aromatic carbocycles. The Balaban J connectivity index is 1.64. The van der Waals surface area contributed by atoms with Crippen molar-refractivity contribution >= 4 is 10.9 Å². The minimum Gasteiger partial charge on any atom is -0.497 e. The highest BCUT2D eigenvalue weighted by Gasteiger charge is 2.51. The van der Waals surface area contributed by atoms with Gasteiger partial charge in [0.05, 0.1) is 25.9 Å². The van der Waals surface area contributed by atoms with Crippen LogP contribution in [0.15, 0.2) is 18.2 Å². The average molecular weight is 370 g/mol. The second-order valence-corrected chi connectivity index (χ2v) is 8.71. The lowest BCUT2D eigenvalue weighted by molar-refractivity contribution is -0.150. The predicted molar refractivity (Wildman–Crippen MR) is 105 cm³/mol. The molecule has 2 aromatic rings. The third-order valence-electron chi connectivity index (χ3n) is 7.76. The van der Waals surface area contributed by atoms with Gasteiger partial charge in [-0.15, -0.1) is 0 Å². The van der Waals surface area contributed by atoms with Crippen molar-refractivity contribution < 1.29 is 14.6 Å². The van der Waals surface area contributed by atoms with E-state index in [1.165, 1.54) is 22.2 Å². The van der Waals surface area contributed by atoms with Gasteiger partial charge in [0.25, 0.3) is 0 Å². The van der Waals surface area contributed by atoms with Crippen molar-refractivity contribution in [2.24, 2.45) is 24.8 Å². The van der Waals surface area contributed by atoms with Gasteiger partial charge in [0, 0.05) is 48.1 Å². The van der Waals surface area contributed by atoms with Crippen molar-refractivity contribution in [1.29, 1.82) is 0 Å². The Labute approximate surface area is 160 Å². The van der Waals surface area contributed by atoms with Gasteiger partial charge in [-0.2, -0.15) is 0 Å².